The summed E-state index contributed by atoms with van der Waals surface area (Å²) in [7, 11) is 1.65. The van der Waals surface area contributed by atoms with Crippen LogP contribution < -0.4 is 14.8 Å². The van der Waals surface area contributed by atoms with Crippen molar-refractivity contribution in [3.8, 4) is 11.5 Å². The lowest BCUT2D eigenvalue weighted by molar-refractivity contribution is 0.234. The Morgan fingerprint density at radius 3 is 2.55 bits per heavy atom. The predicted octanol–water partition coefficient (Wildman–Crippen LogP) is 3.45. The van der Waals surface area contributed by atoms with Crippen molar-refractivity contribution in [3.63, 3.8) is 0 Å². The smallest absolute Gasteiger partial charge is 0.201 e. The quantitative estimate of drug-likeness (QED) is 0.731. The molecule has 1 atom stereocenters. The van der Waals surface area contributed by atoms with E-state index in [9.17, 15) is 0 Å². The molecule has 1 unspecified atom stereocenters. The lowest BCUT2D eigenvalue weighted by Gasteiger charge is -2.15. The molecule has 0 saturated heterocycles. The van der Waals surface area contributed by atoms with Crippen LogP contribution in [0.2, 0.25) is 0 Å². The molecule has 1 aromatic heterocycles. The van der Waals surface area contributed by atoms with Gasteiger partial charge < -0.3 is 19.8 Å². The second-order valence-electron chi connectivity index (χ2n) is 5.09. The highest BCUT2D eigenvalue weighted by Gasteiger charge is 2.06. The Kier molecular flexibility index (Phi) is 4.14. The zero-order valence-electron chi connectivity index (χ0n) is 12.7. The first kappa shape index (κ1) is 14.3. The second-order valence-corrected chi connectivity index (χ2v) is 5.09. The van der Waals surface area contributed by atoms with Gasteiger partial charge in [0, 0.05) is 0 Å². The number of nitrogens with zero attached hydrogens (tertiary/aromatic N) is 1. The molecule has 0 fully saturated rings. The minimum atomic E-state index is 0.0154. The second kappa shape index (κ2) is 6.39. The summed E-state index contributed by atoms with van der Waals surface area (Å²) in [5.41, 5.74) is 1.97. The largest absolute Gasteiger partial charge is 0.497 e. The Morgan fingerprint density at radius 1 is 1.09 bits per heavy atom. The molecule has 0 spiro atoms. The van der Waals surface area contributed by atoms with E-state index in [0.717, 1.165) is 28.5 Å². The Hall–Kier alpha value is -2.69. The fourth-order valence-corrected chi connectivity index (χ4v) is 2.21. The summed E-state index contributed by atoms with van der Waals surface area (Å²) in [6.45, 7) is 2.67. The van der Waals surface area contributed by atoms with E-state index in [1.807, 2.05) is 55.5 Å². The molecule has 114 valence electrons. The van der Waals surface area contributed by atoms with E-state index in [4.69, 9.17) is 9.47 Å². The van der Waals surface area contributed by atoms with Gasteiger partial charge in [0.15, 0.2) is 0 Å². The van der Waals surface area contributed by atoms with Gasteiger partial charge >= 0.3 is 0 Å². The number of nitrogens with one attached hydrogen (secondary N) is 2. The Morgan fingerprint density at radius 2 is 1.82 bits per heavy atom. The summed E-state index contributed by atoms with van der Waals surface area (Å²) in [4.78, 5) is 7.71. The van der Waals surface area contributed by atoms with Crippen LogP contribution in [0.4, 0.5) is 5.95 Å². The number of H-pyrrole nitrogens is 1. The zero-order valence-corrected chi connectivity index (χ0v) is 12.7. The highest BCUT2D eigenvalue weighted by Crippen LogP contribution is 2.18. The van der Waals surface area contributed by atoms with E-state index in [2.05, 4.69) is 15.3 Å². The minimum Gasteiger partial charge on any atom is -0.497 e. The number of methoxy groups -OCH3 is 1. The summed E-state index contributed by atoms with van der Waals surface area (Å²) < 4.78 is 11.0. The van der Waals surface area contributed by atoms with Gasteiger partial charge in [0.05, 0.1) is 24.7 Å². The van der Waals surface area contributed by atoms with E-state index in [1.54, 1.807) is 7.11 Å². The number of hydrogen-bond donors (Lipinski definition) is 2. The number of anilines is 1. The molecular weight excluding hydrogens is 278 g/mol. The topological polar surface area (TPSA) is 59.2 Å². The maximum atomic E-state index is 5.85. The maximum absolute atomic E-state index is 5.85. The Balaban J connectivity index is 1.55. The van der Waals surface area contributed by atoms with E-state index in [1.165, 1.54) is 0 Å². The number of rotatable bonds is 6. The number of hydrogen-bond acceptors (Lipinski definition) is 4. The lowest BCUT2D eigenvalue weighted by Crippen LogP contribution is -2.23. The Bertz CT molecular complexity index is 704. The van der Waals surface area contributed by atoms with Crippen LogP contribution in [0.5, 0.6) is 11.5 Å². The van der Waals surface area contributed by atoms with Gasteiger partial charge in [-0.3, -0.25) is 0 Å². The zero-order chi connectivity index (χ0) is 15.4. The molecule has 22 heavy (non-hydrogen) atoms. The summed E-state index contributed by atoms with van der Waals surface area (Å²) >= 11 is 0. The average Bonchev–Trinajstić information content (AvgIpc) is 2.96. The summed E-state index contributed by atoms with van der Waals surface area (Å²) in [5, 5.41) is 3.26. The van der Waals surface area contributed by atoms with Crippen LogP contribution in [-0.4, -0.2) is 29.7 Å². The van der Waals surface area contributed by atoms with Gasteiger partial charge in [-0.15, -0.1) is 0 Å². The molecule has 0 bridgehead atoms. The van der Waals surface area contributed by atoms with Gasteiger partial charge in [-0.25, -0.2) is 4.98 Å². The van der Waals surface area contributed by atoms with Crippen molar-refractivity contribution in [1.82, 2.24) is 9.97 Å². The standard InChI is InChI=1S/C17H19N3O2/c1-12(22-14-9-7-13(21-2)8-10-14)11-18-17-19-15-5-3-4-6-16(15)20-17/h3-10,12H,11H2,1-2H3,(H2,18,19,20). The fraction of sp³-hybridized carbons (Fsp3) is 0.235. The highest BCUT2D eigenvalue weighted by molar-refractivity contribution is 5.77. The minimum absolute atomic E-state index is 0.0154. The van der Waals surface area contributed by atoms with Gasteiger partial charge in [0.25, 0.3) is 0 Å². The highest BCUT2D eigenvalue weighted by atomic mass is 16.5. The number of aromatic nitrogens is 2. The molecule has 5 heteroatoms. The molecule has 0 radical (unpaired) electrons. The first-order valence-corrected chi connectivity index (χ1v) is 7.24. The number of imidazole rings is 1. The van der Waals surface area contributed by atoms with Crippen LogP contribution >= 0.6 is 0 Å². The number of fused-ring (bicyclic) bond motifs is 1. The van der Waals surface area contributed by atoms with E-state index >= 15 is 0 Å². The molecule has 0 aliphatic heterocycles. The normalized spacial score (nSPS) is 12.1. The number of ether oxygens (including phenoxy) is 2. The molecule has 1 heterocycles. The van der Waals surface area contributed by atoms with Crippen LogP contribution in [0, 0.1) is 0 Å². The van der Waals surface area contributed by atoms with Crippen LogP contribution in [0.3, 0.4) is 0 Å². The van der Waals surface area contributed by atoms with Gasteiger partial charge in [0.1, 0.15) is 17.6 Å². The molecule has 0 aliphatic rings. The summed E-state index contributed by atoms with van der Waals surface area (Å²) in [6.07, 6.45) is 0.0154. The molecular formula is C17H19N3O2. The molecule has 0 saturated carbocycles. The molecule has 3 aromatic rings. The van der Waals surface area contributed by atoms with Crippen LogP contribution in [0.25, 0.3) is 11.0 Å². The van der Waals surface area contributed by atoms with Crippen molar-refractivity contribution in [2.24, 2.45) is 0 Å². The molecule has 2 aromatic carbocycles. The third-order valence-corrected chi connectivity index (χ3v) is 3.34. The van der Waals surface area contributed by atoms with Crippen molar-refractivity contribution >= 4 is 17.0 Å². The van der Waals surface area contributed by atoms with Crippen LogP contribution in [0.15, 0.2) is 48.5 Å². The van der Waals surface area contributed by atoms with Crippen molar-refractivity contribution in [1.29, 1.82) is 0 Å². The Labute approximate surface area is 129 Å². The predicted molar refractivity (Wildman–Crippen MR) is 87.7 cm³/mol. The first-order chi connectivity index (χ1) is 10.7. The van der Waals surface area contributed by atoms with Gasteiger partial charge in [-0.1, -0.05) is 12.1 Å². The van der Waals surface area contributed by atoms with Gasteiger partial charge in [-0.05, 0) is 43.3 Å². The SMILES string of the molecule is COc1ccc(OC(C)CNc2nc3ccccc3[nH]2)cc1. The fourth-order valence-electron chi connectivity index (χ4n) is 2.21. The van der Waals surface area contributed by atoms with Crippen molar-refractivity contribution in [2.45, 2.75) is 13.0 Å². The number of benzene rings is 2. The van der Waals surface area contributed by atoms with Crippen molar-refractivity contribution in [3.05, 3.63) is 48.5 Å². The summed E-state index contributed by atoms with van der Waals surface area (Å²) in [6, 6.07) is 15.5. The van der Waals surface area contributed by atoms with Gasteiger partial charge in [-0.2, -0.15) is 0 Å². The monoisotopic (exact) mass is 297 g/mol. The summed E-state index contributed by atoms with van der Waals surface area (Å²) in [5.74, 6) is 2.39. The number of para-hydroxylation sites is 2. The van der Waals surface area contributed by atoms with E-state index in [-0.39, 0.29) is 6.10 Å². The number of aromatic amines is 1. The molecule has 2 N–H and O–H groups in total. The molecule has 0 amide bonds. The van der Waals surface area contributed by atoms with Crippen molar-refractivity contribution < 1.29 is 9.47 Å². The van der Waals surface area contributed by atoms with E-state index < -0.39 is 0 Å². The third-order valence-electron chi connectivity index (χ3n) is 3.34. The van der Waals surface area contributed by atoms with E-state index in [0.29, 0.717) is 6.54 Å². The van der Waals surface area contributed by atoms with Gasteiger partial charge in [0.2, 0.25) is 5.95 Å². The maximum Gasteiger partial charge on any atom is 0.201 e. The molecule has 5 nitrogen and oxygen atoms in total. The molecule has 0 aliphatic carbocycles. The first-order valence-electron chi connectivity index (χ1n) is 7.24. The van der Waals surface area contributed by atoms with Crippen molar-refractivity contribution in [2.75, 3.05) is 19.0 Å². The average molecular weight is 297 g/mol. The van der Waals surface area contributed by atoms with Crippen LogP contribution in [0.1, 0.15) is 6.92 Å². The molecule has 3 rings (SSSR count). The third kappa shape index (κ3) is 3.31. The van der Waals surface area contributed by atoms with Crippen LogP contribution in [-0.2, 0) is 0 Å². The lowest BCUT2D eigenvalue weighted by atomic mass is 10.3.